The van der Waals surface area contributed by atoms with Crippen molar-refractivity contribution < 1.29 is 9.59 Å². The summed E-state index contributed by atoms with van der Waals surface area (Å²) in [5.41, 5.74) is 0.206. The number of nitrogens with zero attached hydrogens (tertiary/aromatic N) is 4. The fourth-order valence-electron chi connectivity index (χ4n) is 4.49. The smallest absolute Gasteiger partial charge is 0.272 e. The van der Waals surface area contributed by atoms with Gasteiger partial charge in [0.15, 0.2) is 0 Å². The lowest BCUT2D eigenvalue weighted by molar-refractivity contribution is -0.150. The molecule has 0 atom stereocenters. The Balaban J connectivity index is 1.39. The van der Waals surface area contributed by atoms with Crippen LogP contribution in [0, 0.1) is 11.3 Å². The third-order valence-electron chi connectivity index (χ3n) is 6.34. The normalized spacial score (nSPS) is 23.6. The highest BCUT2D eigenvalue weighted by Crippen LogP contribution is 2.42. The molecule has 1 aromatic rings. The molecule has 6 heteroatoms. The van der Waals surface area contributed by atoms with Crippen LogP contribution in [0.1, 0.15) is 55.4 Å². The van der Waals surface area contributed by atoms with Gasteiger partial charge in [-0.15, -0.1) is 0 Å². The molecule has 2 aliphatic heterocycles. The van der Waals surface area contributed by atoms with E-state index in [9.17, 15) is 9.59 Å². The number of aromatic nitrogens is 2. The van der Waals surface area contributed by atoms with Gasteiger partial charge >= 0.3 is 0 Å². The van der Waals surface area contributed by atoms with Gasteiger partial charge in [0.2, 0.25) is 5.91 Å². The average Bonchev–Trinajstić information content (AvgIpc) is 2.62. The van der Waals surface area contributed by atoms with Gasteiger partial charge in [-0.25, -0.2) is 9.97 Å². The molecule has 3 heterocycles. The minimum atomic E-state index is -0.232. The van der Waals surface area contributed by atoms with Crippen LogP contribution in [0.25, 0.3) is 0 Å². The third kappa shape index (κ3) is 3.14. The SMILES string of the molecule is O=C(c1ccncn1)N1CCC2(CCCN(CC3CCC3)C2=O)CC1. The summed E-state index contributed by atoms with van der Waals surface area (Å²) in [6.07, 6.45) is 10.5. The van der Waals surface area contributed by atoms with Gasteiger partial charge in [-0.2, -0.15) is 0 Å². The monoisotopic (exact) mass is 342 g/mol. The fraction of sp³-hybridized carbons (Fsp3) is 0.684. The van der Waals surface area contributed by atoms with Crippen molar-refractivity contribution in [2.75, 3.05) is 26.2 Å². The van der Waals surface area contributed by atoms with Crippen LogP contribution in [-0.2, 0) is 4.79 Å². The van der Waals surface area contributed by atoms with Gasteiger partial charge in [0.25, 0.3) is 5.91 Å². The number of piperidine rings is 2. The second-order valence-corrected chi connectivity index (χ2v) is 7.82. The van der Waals surface area contributed by atoms with Crippen molar-refractivity contribution in [1.82, 2.24) is 19.8 Å². The van der Waals surface area contributed by atoms with Crippen molar-refractivity contribution in [2.24, 2.45) is 11.3 Å². The van der Waals surface area contributed by atoms with E-state index in [-0.39, 0.29) is 11.3 Å². The lowest BCUT2D eigenvalue weighted by atomic mass is 9.71. The van der Waals surface area contributed by atoms with E-state index in [1.807, 2.05) is 4.90 Å². The predicted octanol–water partition coefficient (Wildman–Crippen LogP) is 2.12. The Morgan fingerprint density at radius 2 is 1.96 bits per heavy atom. The molecule has 6 nitrogen and oxygen atoms in total. The zero-order valence-corrected chi connectivity index (χ0v) is 14.7. The van der Waals surface area contributed by atoms with Crippen molar-refractivity contribution in [2.45, 2.75) is 44.9 Å². The van der Waals surface area contributed by atoms with E-state index in [0.29, 0.717) is 24.7 Å². The molecule has 2 saturated heterocycles. The van der Waals surface area contributed by atoms with Gasteiger partial charge in [-0.3, -0.25) is 9.59 Å². The molecule has 0 bridgehead atoms. The molecule has 134 valence electrons. The van der Waals surface area contributed by atoms with Crippen molar-refractivity contribution in [1.29, 1.82) is 0 Å². The molecule has 25 heavy (non-hydrogen) atoms. The quantitative estimate of drug-likeness (QED) is 0.844. The minimum Gasteiger partial charge on any atom is -0.342 e. The second-order valence-electron chi connectivity index (χ2n) is 7.82. The van der Waals surface area contributed by atoms with E-state index in [1.165, 1.54) is 25.6 Å². The number of carbonyl (C=O) groups is 2. The van der Waals surface area contributed by atoms with Crippen LogP contribution in [0.2, 0.25) is 0 Å². The Bertz CT molecular complexity index is 636. The standard InChI is InChI=1S/C19H26N4O2/c24-17(16-5-9-20-14-21-16)22-11-7-19(8-12-22)6-2-10-23(18(19)25)13-15-3-1-4-15/h5,9,14-15H,1-4,6-8,10-13H2. The molecule has 1 saturated carbocycles. The van der Waals surface area contributed by atoms with Gasteiger partial charge in [-0.05, 0) is 50.5 Å². The number of carbonyl (C=O) groups excluding carboxylic acids is 2. The van der Waals surface area contributed by atoms with Gasteiger partial charge in [0.05, 0.1) is 5.41 Å². The molecule has 0 N–H and O–H groups in total. The van der Waals surface area contributed by atoms with Gasteiger partial charge in [0, 0.05) is 32.4 Å². The summed E-state index contributed by atoms with van der Waals surface area (Å²) in [6.45, 7) is 3.16. The summed E-state index contributed by atoms with van der Waals surface area (Å²) in [4.78, 5) is 37.6. The maximum atomic E-state index is 13.1. The van der Waals surface area contributed by atoms with Crippen LogP contribution >= 0.6 is 0 Å². The zero-order chi connectivity index (χ0) is 17.3. The number of likely N-dealkylation sites (tertiary alicyclic amines) is 2. The Kier molecular flexibility index (Phi) is 4.44. The van der Waals surface area contributed by atoms with E-state index in [4.69, 9.17) is 0 Å². The highest BCUT2D eigenvalue weighted by Gasteiger charge is 2.46. The first-order valence-corrected chi connectivity index (χ1v) is 9.53. The maximum absolute atomic E-state index is 13.1. The molecule has 0 radical (unpaired) electrons. The van der Waals surface area contributed by atoms with Crippen LogP contribution in [0.15, 0.2) is 18.6 Å². The molecule has 3 fully saturated rings. The summed E-state index contributed by atoms with van der Waals surface area (Å²) in [5.74, 6) is 1.02. The second kappa shape index (κ2) is 6.73. The van der Waals surface area contributed by atoms with E-state index in [1.54, 1.807) is 12.3 Å². The summed E-state index contributed by atoms with van der Waals surface area (Å²) in [5, 5.41) is 0. The summed E-state index contributed by atoms with van der Waals surface area (Å²) in [7, 11) is 0. The zero-order valence-electron chi connectivity index (χ0n) is 14.7. The van der Waals surface area contributed by atoms with E-state index in [0.717, 1.165) is 44.7 Å². The van der Waals surface area contributed by atoms with Gasteiger partial charge < -0.3 is 9.80 Å². The Labute approximate surface area is 148 Å². The molecule has 3 aliphatic rings. The van der Waals surface area contributed by atoms with Crippen LogP contribution in [0.4, 0.5) is 0 Å². The Morgan fingerprint density at radius 1 is 1.16 bits per heavy atom. The minimum absolute atomic E-state index is 0.0492. The Morgan fingerprint density at radius 3 is 2.60 bits per heavy atom. The molecule has 0 aromatic carbocycles. The average molecular weight is 342 g/mol. The first-order chi connectivity index (χ1) is 12.2. The lowest BCUT2D eigenvalue weighted by Crippen LogP contribution is -2.55. The first kappa shape index (κ1) is 16.5. The molecular formula is C19H26N4O2. The highest BCUT2D eigenvalue weighted by atomic mass is 16.2. The van der Waals surface area contributed by atoms with Gasteiger partial charge in [0.1, 0.15) is 12.0 Å². The lowest BCUT2D eigenvalue weighted by Gasteiger charge is -2.47. The number of hydrogen-bond acceptors (Lipinski definition) is 4. The van der Waals surface area contributed by atoms with Crippen molar-refractivity contribution in [3.05, 3.63) is 24.3 Å². The summed E-state index contributed by atoms with van der Waals surface area (Å²) >= 11 is 0. The van der Waals surface area contributed by atoms with E-state index < -0.39 is 0 Å². The van der Waals surface area contributed by atoms with E-state index >= 15 is 0 Å². The molecule has 1 aliphatic carbocycles. The van der Waals surface area contributed by atoms with Crippen molar-refractivity contribution in [3.8, 4) is 0 Å². The number of hydrogen-bond donors (Lipinski definition) is 0. The Hall–Kier alpha value is -1.98. The maximum Gasteiger partial charge on any atom is 0.272 e. The molecule has 1 spiro atoms. The largest absolute Gasteiger partial charge is 0.342 e. The topological polar surface area (TPSA) is 66.4 Å². The number of amides is 2. The first-order valence-electron chi connectivity index (χ1n) is 9.53. The van der Waals surface area contributed by atoms with Crippen LogP contribution in [0.5, 0.6) is 0 Å². The predicted molar refractivity (Wildman–Crippen MR) is 92.8 cm³/mol. The van der Waals surface area contributed by atoms with Crippen molar-refractivity contribution >= 4 is 11.8 Å². The number of rotatable bonds is 3. The fourth-order valence-corrected chi connectivity index (χ4v) is 4.49. The molecule has 0 unspecified atom stereocenters. The third-order valence-corrected chi connectivity index (χ3v) is 6.34. The molecule has 1 aromatic heterocycles. The highest BCUT2D eigenvalue weighted by molar-refractivity contribution is 5.92. The van der Waals surface area contributed by atoms with Crippen LogP contribution in [0.3, 0.4) is 0 Å². The molecular weight excluding hydrogens is 316 g/mol. The molecule has 2 amide bonds. The van der Waals surface area contributed by atoms with Crippen LogP contribution in [-0.4, -0.2) is 57.8 Å². The summed E-state index contributed by atoms with van der Waals surface area (Å²) in [6, 6.07) is 1.65. The summed E-state index contributed by atoms with van der Waals surface area (Å²) < 4.78 is 0. The van der Waals surface area contributed by atoms with Gasteiger partial charge in [-0.1, -0.05) is 6.42 Å². The van der Waals surface area contributed by atoms with Crippen molar-refractivity contribution in [3.63, 3.8) is 0 Å². The van der Waals surface area contributed by atoms with Crippen LogP contribution < -0.4 is 0 Å². The van der Waals surface area contributed by atoms with E-state index in [2.05, 4.69) is 14.9 Å². The molecule has 4 rings (SSSR count).